The van der Waals surface area contributed by atoms with Crippen LogP contribution >= 0.6 is 11.8 Å². The van der Waals surface area contributed by atoms with Crippen LogP contribution in [0.5, 0.6) is 0 Å². The van der Waals surface area contributed by atoms with E-state index in [9.17, 15) is 8.42 Å². The summed E-state index contributed by atoms with van der Waals surface area (Å²) in [6.45, 7) is 2.98. The lowest BCUT2D eigenvalue weighted by Gasteiger charge is -2.08. The molecule has 3 N–H and O–H groups in total. The van der Waals surface area contributed by atoms with Gasteiger partial charge < -0.3 is 4.57 Å². The fraction of sp³-hybridized carbons (Fsp3) is 0.550. The van der Waals surface area contributed by atoms with Crippen molar-refractivity contribution in [1.82, 2.24) is 24.7 Å². The number of hydrogen-bond acceptors (Lipinski definition) is 6. The van der Waals surface area contributed by atoms with E-state index in [4.69, 9.17) is 10.1 Å². The lowest BCUT2D eigenvalue weighted by Crippen LogP contribution is -2.11. The minimum atomic E-state index is -3.76. The van der Waals surface area contributed by atoms with Gasteiger partial charge in [0.1, 0.15) is 11.6 Å². The Bertz CT molecular complexity index is 1120. The molecule has 0 radical (unpaired) electrons. The molecule has 0 saturated heterocycles. The zero-order valence-electron chi connectivity index (χ0n) is 17.2. The minimum absolute atomic E-state index is 0.0832. The Morgan fingerprint density at radius 3 is 2.80 bits per heavy atom. The van der Waals surface area contributed by atoms with Crippen molar-refractivity contribution in [2.45, 2.75) is 74.2 Å². The van der Waals surface area contributed by atoms with E-state index in [1.165, 1.54) is 25.7 Å². The number of sulfonamides is 1. The number of aryl methyl sites for hydroxylation is 1. The van der Waals surface area contributed by atoms with Gasteiger partial charge in [0.25, 0.3) is 0 Å². The van der Waals surface area contributed by atoms with E-state index in [2.05, 4.69) is 26.7 Å². The van der Waals surface area contributed by atoms with Crippen LogP contribution in [0.25, 0.3) is 11.0 Å². The van der Waals surface area contributed by atoms with E-state index >= 15 is 0 Å². The van der Waals surface area contributed by atoms with Gasteiger partial charge in [-0.15, -0.1) is 5.10 Å². The molecule has 1 saturated carbocycles. The van der Waals surface area contributed by atoms with E-state index in [1.54, 1.807) is 30.0 Å². The van der Waals surface area contributed by atoms with Crippen molar-refractivity contribution >= 4 is 32.8 Å². The second-order valence-electron chi connectivity index (χ2n) is 7.94. The molecule has 162 valence electrons. The van der Waals surface area contributed by atoms with Crippen molar-refractivity contribution in [2.24, 2.45) is 11.1 Å². The second-order valence-corrected chi connectivity index (χ2v) is 10.4. The number of imidazole rings is 1. The van der Waals surface area contributed by atoms with E-state index < -0.39 is 10.0 Å². The number of rotatable bonds is 9. The maximum atomic E-state index is 11.7. The maximum Gasteiger partial charge on any atom is 0.238 e. The molecule has 0 bridgehead atoms. The molecule has 1 fully saturated rings. The van der Waals surface area contributed by atoms with Gasteiger partial charge in [0.2, 0.25) is 15.2 Å². The molecule has 0 unspecified atom stereocenters. The Morgan fingerprint density at radius 1 is 1.27 bits per heavy atom. The van der Waals surface area contributed by atoms with Gasteiger partial charge in [0, 0.05) is 13.0 Å². The number of benzene rings is 1. The van der Waals surface area contributed by atoms with Gasteiger partial charge in [-0.3, -0.25) is 5.10 Å². The van der Waals surface area contributed by atoms with Crippen LogP contribution in [0.4, 0.5) is 0 Å². The summed E-state index contributed by atoms with van der Waals surface area (Å²) in [5.41, 5.74) is 1.56. The molecule has 2 aromatic heterocycles. The molecular weight excluding hydrogens is 420 g/mol. The summed E-state index contributed by atoms with van der Waals surface area (Å²) in [5, 5.41) is 13.4. The standard InChI is InChI=1S/C20H28N6O2S2/c1-2-3-10-26-17-9-8-15(30(21,27)28)12-16(17)22-19(26)13-29-20-23-18(24-25-20)11-14-6-4-5-7-14/h8-9,12,14H,2-7,10-11,13H2,1H3,(H2,21,27,28)(H,23,24,25). The topological polar surface area (TPSA) is 120 Å². The van der Waals surface area contributed by atoms with Gasteiger partial charge in [0.05, 0.1) is 21.7 Å². The molecule has 4 rings (SSSR count). The average Bonchev–Trinajstić information content (AvgIpc) is 3.44. The number of nitrogens with one attached hydrogen (secondary N) is 1. The first-order valence-corrected chi connectivity index (χ1v) is 13.0. The lowest BCUT2D eigenvalue weighted by molar-refractivity contribution is 0.531. The summed E-state index contributed by atoms with van der Waals surface area (Å²) in [6.07, 6.45) is 8.26. The molecule has 8 nitrogen and oxygen atoms in total. The molecule has 1 aliphatic carbocycles. The first-order chi connectivity index (χ1) is 14.4. The number of unbranched alkanes of at least 4 members (excludes halogenated alkanes) is 1. The summed E-state index contributed by atoms with van der Waals surface area (Å²) < 4.78 is 25.5. The van der Waals surface area contributed by atoms with Crippen LogP contribution in [0, 0.1) is 5.92 Å². The molecule has 30 heavy (non-hydrogen) atoms. The first-order valence-electron chi connectivity index (χ1n) is 10.5. The Hall–Kier alpha value is -1.91. The summed E-state index contributed by atoms with van der Waals surface area (Å²) in [4.78, 5) is 9.43. The minimum Gasteiger partial charge on any atom is -0.327 e. The van der Waals surface area contributed by atoms with Crippen LogP contribution in [0.1, 0.15) is 57.1 Å². The SMILES string of the molecule is CCCCn1c(CSc2n[nH]c(CC3CCCC3)n2)nc2cc(S(N)(=O)=O)ccc21. The number of fused-ring (bicyclic) bond motifs is 1. The summed E-state index contributed by atoms with van der Waals surface area (Å²) in [7, 11) is -3.76. The van der Waals surface area contributed by atoms with Crippen molar-refractivity contribution in [3.63, 3.8) is 0 Å². The first kappa shape index (κ1) is 21.3. The molecule has 0 atom stereocenters. The molecule has 1 aromatic carbocycles. The number of hydrogen-bond donors (Lipinski definition) is 2. The highest BCUT2D eigenvalue weighted by atomic mass is 32.2. The Morgan fingerprint density at radius 2 is 2.07 bits per heavy atom. The Balaban J connectivity index is 1.52. The van der Waals surface area contributed by atoms with E-state index in [0.717, 1.165) is 54.0 Å². The van der Waals surface area contributed by atoms with Crippen LogP contribution in [0.15, 0.2) is 28.3 Å². The summed E-state index contributed by atoms with van der Waals surface area (Å²) in [5.74, 6) is 3.19. The molecule has 3 aromatic rings. The highest BCUT2D eigenvalue weighted by Gasteiger charge is 2.18. The van der Waals surface area contributed by atoms with Crippen LogP contribution in [-0.2, 0) is 28.7 Å². The van der Waals surface area contributed by atoms with Gasteiger partial charge in [-0.1, -0.05) is 50.8 Å². The van der Waals surface area contributed by atoms with Crippen molar-refractivity contribution in [2.75, 3.05) is 0 Å². The van der Waals surface area contributed by atoms with E-state index in [1.807, 2.05) is 0 Å². The van der Waals surface area contributed by atoms with Crippen LogP contribution in [0.2, 0.25) is 0 Å². The van der Waals surface area contributed by atoms with E-state index in [0.29, 0.717) is 11.3 Å². The third-order valence-corrected chi connectivity index (χ3v) is 7.42. The highest BCUT2D eigenvalue weighted by Crippen LogP contribution is 2.28. The maximum absolute atomic E-state index is 11.7. The van der Waals surface area contributed by atoms with Crippen molar-refractivity contribution in [1.29, 1.82) is 0 Å². The fourth-order valence-electron chi connectivity index (χ4n) is 4.06. The third kappa shape index (κ3) is 4.87. The van der Waals surface area contributed by atoms with Crippen molar-refractivity contribution in [3.8, 4) is 0 Å². The van der Waals surface area contributed by atoms with Gasteiger partial charge in [0.15, 0.2) is 0 Å². The number of nitrogens with zero attached hydrogens (tertiary/aromatic N) is 4. The number of aromatic nitrogens is 5. The number of primary sulfonamides is 1. The number of aromatic amines is 1. The fourth-order valence-corrected chi connectivity index (χ4v) is 5.36. The molecule has 0 spiro atoms. The van der Waals surface area contributed by atoms with Crippen LogP contribution in [0.3, 0.4) is 0 Å². The molecular formula is C20H28N6O2S2. The number of nitrogens with two attached hydrogens (primary N) is 1. The van der Waals surface area contributed by atoms with Crippen LogP contribution < -0.4 is 5.14 Å². The molecule has 0 amide bonds. The summed E-state index contributed by atoms with van der Waals surface area (Å²) in [6, 6.07) is 4.88. The van der Waals surface area contributed by atoms with Crippen molar-refractivity contribution in [3.05, 3.63) is 29.8 Å². The highest BCUT2D eigenvalue weighted by molar-refractivity contribution is 7.98. The number of H-pyrrole nitrogens is 1. The van der Waals surface area contributed by atoms with Gasteiger partial charge in [-0.2, -0.15) is 0 Å². The van der Waals surface area contributed by atoms with Crippen LogP contribution in [-0.4, -0.2) is 33.2 Å². The third-order valence-electron chi connectivity index (χ3n) is 5.66. The number of thioether (sulfide) groups is 1. The molecule has 0 aliphatic heterocycles. The molecule has 1 aliphatic rings. The molecule has 2 heterocycles. The Kier molecular flexibility index (Phi) is 6.45. The largest absolute Gasteiger partial charge is 0.327 e. The normalized spacial score (nSPS) is 15.4. The Labute approximate surface area is 181 Å². The van der Waals surface area contributed by atoms with Gasteiger partial charge in [-0.05, 0) is 30.5 Å². The molecule has 10 heteroatoms. The van der Waals surface area contributed by atoms with E-state index in [-0.39, 0.29) is 4.90 Å². The van der Waals surface area contributed by atoms with Crippen molar-refractivity contribution < 1.29 is 8.42 Å². The van der Waals surface area contributed by atoms with Gasteiger partial charge >= 0.3 is 0 Å². The zero-order chi connectivity index (χ0) is 21.1. The smallest absolute Gasteiger partial charge is 0.238 e. The zero-order valence-corrected chi connectivity index (χ0v) is 18.8. The lowest BCUT2D eigenvalue weighted by atomic mass is 10.0. The average molecular weight is 449 g/mol. The monoisotopic (exact) mass is 448 g/mol. The second kappa shape index (κ2) is 9.07. The van der Waals surface area contributed by atoms with Gasteiger partial charge in [-0.25, -0.2) is 23.5 Å². The predicted molar refractivity (Wildman–Crippen MR) is 118 cm³/mol. The summed E-state index contributed by atoms with van der Waals surface area (Å²) >= 11 is 1.55. The quantitative estimate of drug-likeness (QED) is 0.482. The predicted octanol–water partition coefficient (Wildman–Crippen LogP) is 3.63.